The van der Waals surface area contributed by atoms with Gasteiger partial charge in [-0.25, -0.2) is 0 Å². The van der Waals surface area contributed by atoms with Crippen LogP contribution in [0.15, 0.2) is 0 Å². The normalized spacial score (nSPS) is 10.3. The molecule has 0 unspecified atom stereocenters. The molecule has 0 fully saturated rings. The lowest BCUT2D eigenvalue weighted by Crippen LogP contribution is -2.00. The molecule has 1 radical (unpaired) electrons. The lowest BCUT2D eigenvalue weighted by atomic mass is 11.3. The van der Waals surface area contributed by atoms with E-state index in [0.29, 0.717) is 0 Å². The van der Waals surface area contributed by atoms with Gasteiger partial charge in [-0.3, -0.25) is 4.74 Å². The van der Waals surface area contributed by atoms with Gasteiger partial charge in [-0.05, 0) is 0 Å². The van der Waals surface area contributed by atoms with Crippen molar-refractivity contribution in [2.24, 2.45) is 0 Å². The Balaban J connectivity index is 2.68. The van der Waals surface area contributed by atoms with Crippen molar-refractivity contribution in [2.45, 2.75) is 6.61 Å². The van der Waals surface area contributed by atoms with Crippen molar-refractivity contribution in [1.29, 1.82) is 0 Å². The van der Waals surface area contributed by atoms with Gasteiger partial charge in [0.2, 0.25) is 0 Å². The first-order chi connectivity index (χ1) is 3.27. The molecular formula is C3H5F2O2. The average Bonchev–Trinajstić information content (AvgIpc) is 1.61. The number of ether oxygens (including phenoxy) is 2. The molecule has 0 aromatic rings. The van der Waals surface area contributed by atoms with Gasteiger partial charge in [-0.1, -0.05) is 0 Å². The number of hydrogen-bond donors (Lipinski definition) is 0. The molecule has 0 aliphatic carbocycles. The predicted octanol–water partition coefficient (Wildman–Crippen LogP) is 0.991. The highest BCUT2D eigenvalue weighted by Crippen LogP contribution is 1.92. The first-order valence-corrected chi connectivity index (χ1v) is 1.54. The minimum Gasteiger partial charge on any atom is -0.353 e. The molecule has 0 N–H and O–H groups in total. The average molecular weight is 111 g/mol. The molecule has 2 nitrogen and oxygen atoms in total. The van der Waals surface area contributed by atoms with E-state index in [4.69, 9.17) is 0 Å². The summed E-state index contributed by atoms with van der Waals surface area (Å²) in [5.41, 5.74) is 0. The van der Waals surface area contributed by atoms with Crippen molar-refractivity contribution in [3.05, 3.63) is 7.11 Å². The van der Waals surface area contributed by atoms with Crippen LogP contribution in [0, 0.1) is 7.11 Å². The van der Waals surface area contributed by atoms with Crippen LogP contribution in [-0.2, 0) is 9.47 Å². The van der Waals surface area contributed by atoms with Crippen LogP contribution in [0.1, 0.15) is 0 Å². The van der Waals surface area contributed by atoms with Crippen molar-refractivity contribution in [3.8, 4) is 0 Å². The number of hydrogen-bond acceptors (Lipinski definition) is 2. The molecule has 7 heavy (non-hydrogen) atoms. The molecule has 0 amide bonds. The second-order valence-corrected chi connectivity index (χ2v) is 0.749. The highest BCUT2D eigenvalue weighted by atomic mass is 19.3. The van der Waals surface area contributed by atoms with Gasteiger partial charge in [0, 0.05) is 0 Å². The largest absolute Gasteiger partial charge is 0.353 e. The summed E-state index contributed by atoms with van der Waals surface area (Å²) >= 11 is 0. The highest BCUT2D eigenvalue weighted by molar-refractivity contribution is 4.05. The Hall–Kier alpha value is -0.220. The van der Waals surface area contributed by atoms with Crippen LogP contribution in [0.25, 0.3) is 0 Å². The van der Waals surface area contributed by atoms with Crippen molar-refractivity contribution in [3.63, 3.8) is 0 Å². The van der Waals surface area contributed by atoms with Gasteiger partial charge in [0.25, 0.3) is 0 Å². The second kappa shape index (κ2) is 3.95. The lowest BCUT2D eigenvalue weighted by Gasteiger charge is -1.96. The highest BCUT2D eigenvalue weighted by Gasteiger charge is 1.97. The third kappa shape index (κ3) is 5.78. The summed E-state index contributed by atoms with van der Waals surface area (Å²) in [4.78, 5) is 0. The summed E-state index contributed by atoms with van der Waals surface area (Å²) in [7, 11) is 2.80. The van der Waals surface area contributed by atoms with E-state index in [0.717, 1.165) is 0 Å². The monoisotopic (exact) mass is 111 g/mol. The zero-order valence-electron chi connectivity index (χ0n) is 3.56. The molecular weight excluding hydrogens is 106 g/mol. The molecule has 0 heterocycles. The van der Waals surface area contributed by atoms with Gasteiger partial charge in [0.15, 0.2) is 6.79 Å². The minimum absolute atomic E-state index is 0.461. The second-order valence-electron chi connectivity index (χ2n) is 0.749. The maximum Gasteiger partial charge on any atom is 0.347 e. The van der Waals surface area contributed by atoms with Crippen LogP contribution in [0.2, 0.25) is 0 Å². The van der Waals surface area contributed by atoms with E-state index < -0.39 is 13.4 Å². The van der Waals surface area contributed by atoms with Crippen LogP contribution in [0.4, 0.5) is 8.78 Å². The van der Waals surface area contributed by atoms with E-state index in [9.17, 15) is 8.78 Å². The number of alkyl halides is 2. The molecule has 0 atom stereocenters. The van der Waals surface area contributed by atoms with Crippen molar-refractivity contribution in [1.82, 2.24) is 0 Å². The topological polar surface area (TPSA) is 18.5 Å². The summed E-state index contributed by atoms with van der Waals surface area (Å²) in [6.45, 7) is -3.22. The minimum atomic E-state index is -2.76. The third-order valence-electron chi connectivity index (χ3n) is 0.277. The van der Waals surface area contributed by atoms with Crippen molar-refractivity contribution in [2.75, 3.05) is 6.79 Å². The van der Waals surface area contributed by atoms with E-state index in [-0.39, 0.29) is 0 Å². The van der Waals surface area contributed by atoms with Gasteiger partial charge < -0.3 is 4.74 Å². The fraction of sp³-hybridized carbons (Fsp3) is 0.667. The van der Waals surface area contributed by atoms with Crippen LogP contribution in [0.3, 0.4) is 0 Å². The summed E-state index contributed by atoms with van der Waals surface area (Å²) in [5, 5.41) is 0. The zero-order chi connectivity index (χ0) is 5.70. The van der Waals surface area contributed by atoms with Crippen LogP contribution < -0.4 is 0 Å². The van der Waals surface area contributed by atoms with Gasteiger partial charge in [-0.15, -0.1) is 0 Å². The Labute approximate surface area is 40.0 Å². The standard InChI is InChI=1S/C3H5F2O2/c1-6-2-7-3(4)5/h3H,1-2H2. The Morgan fingerprint density at radius 1 is 1.57 bits per heavy atom. The molecule has 43 valence electrons. The van der Waals surface area contributed by atoms with Gasteiger partial charge in [0.1, 0.15) is 0 Å². The summed E-state index contributed by atoms with van der Waals surface area (Å²) in [5.74, 6) is 0. The SMILES string of the molecule is [CH2]OCOC(F)F. The third-order valence-corrected chi connectivity index (χ3v) is 0.277. The van der Waals surface area contributed by atoms with Crippen molar-refractivity contribution >= 4 is 0 Å². The van der Waals surface area contributed by atoms with Crippen molar-refractivity contribution < 1.29 is 18.3 Å². The van der Waals surface area contributed by atoms with Crippen LogP contribution in [0.5, 0.6) is 0 Å². The zero-order valence-corrected chi connectivity index (χ0v) is 3.56. The Bertz CT molecular complexity index is 39.9. The van der Waals surface area contributed by atoms with Crippen LogP contribution in [-0.4, -0.2) is 13.4 Å². The molecule has 0 aliphatic rings. The summed E-state index contributed by atoms with van der Waals surface area (Å²) in [6, 6.07) is 0. The first-order valence-electron chi connectivity index (χ1n) is 1.54. The fourth-order valence-corrected chi connectivity index (χ4v) is 0.0995. The van der Waals surface area contributed by atoms with E-state index in [1.54, 1.807) is 0 Å². The molecule has 4 heteroatoms. The summed E-state index contributed by atoms with van der Waals surface area (Å²) < 4.78 is 29.3. The smallest absolute Gasteiger partial charge is 0.347 e. The molecule has 0 spiro atoms. The molecule has 0 aromatic heterocycles. The van der Waals surface area contributed by atoms with Crippen LogP contribution >= 0.6 is 0 Å². The summed E-state index contributed by atoms with van der Waals surface area (Å²) in [6.07, 6.45) is 0. The van der Waals surface area contributed by atoms with E-state index in [2.05, 4.69) is 16.6 Å². The molecule has 0 aliphatic heterocycles. The van der Waals surface area contributed by atoms with E-state index in [1.807, 2.05) is 0 Å². The van der Waals surface area contributed by atoms with Gasteiger partial charge in [0.05, 0.1) is 7.11 Å². The predicted molar refractivity (Wildman–Crippen MR) is 18.4 cm³/mol. The van der Waals surface area contributed by atoms with E-state index >= 15 is 0 Å². The quantitative estimate of drug-likeness (QED) is 0.505. The Morgan fingerprint density at radius 3 is 2.29 bits per heavy atom. The number of halogens is 2. The van der Waals surface area contributed by atoms with E-state index in [1.165, 1.54) is 0 Å². The number of rotatable bonds is 3. The Kier molecular flexibility index (Phi) is 3.83. The lowest BCUT2D eigenvalue weighted by molar-refractivity contribution is -0.177. The molecule has 0 aromatic carbocycles. The molecule has 0 saturated carbocycles. The first kappa shape index (κ1) is 6.78. The molecule has 0 rings (SSSR count). The van der Waals surface area contributed by atoms with Gasteiger partial charge >= 0.3 is 6.61 Å². The molecule has 0 saturated heterocycles. The Morgan fingerprint density at radius 2 is 2.14 bits per heavy atom. The maximum absolute atomic E-state index is 10.9. The maximum atomic E-state index is 10.9. The fourth-order valence-electron chi connectivity index (χ4n) is 0.0995. The molecule has 0 bridgehead atoms. The van der Waals surface area contributed by atoms with Gasteiger partial charge in [-0.2, -0.15) is 8.78 Å².